The van der Waals surface area contributed by atoms with E-state index >= 15 is 0 Å². The summed E-state index contributed by atoms with van der Waals surface area (Å²) >= 11 is 0. The lowest BCUT2D eigenvalue weighted by Crippen LogP contribution is -2.47. The van der Waals surface area contributed by atoms with Crippen LogP contribution in [-0.2, 0) is 0 Å². The van der Waals surface area contributed by atoms with E-state index in [0.717, 1.165) is 26.2 Å². The second-order valence-electron chi connectivity index (χ2n) is 4.50. The lowest BCUT2D eigenvalue weighted by molar-refractivity contribution is -0.384. The van der Waals surface area contributed by atoms with Crippen LogP contribution in [0, 0.1) is 21.4 Å². The average Bonchev–Trinajstić information content (AvgIpc) is 2.41. The van der Waals surface area contributed by atoms with Gasteiger partial charge in [-0.25, -0.2) is 5.01 Å². The van der Waals surface area contributed by atoms with Crippen molar-refractivity contribution in [3.8, 4) is 6.07 Å². The van der Waals surface area contributed by atoms with Gasteiger partial charge in [-0.2, -0.15) is 5.26 Å². The van der Waals surface area contributed by atoms with Crippen LogP contribution in [0.4, 0.5) is 11.4 Å². The lowest BCUT2D eigenvalue weighted by atomic mass is 10.2. The van der Waals surface area contributed by atoms with Crippen LogP contribution < -0.4 is 5.43 Å². The molecular weight excluding hydrogens is 246 g/mol. The summed E-state index contributed by atoms with van der Waals surface area (Å²) in [7, 11) is 2.04. The number of benzene rings is 1. The smallest absolute Gasteiger partial charge is 0.294 e. The van der Waals surface area contributed by atoms with E-state index in [4.69, 9.17) is 5.26 Å². The molecule has 2 rings (SSSR count). The van der Waals surface area contributed by atoms with Gasteiger partial charge in [0.2, 0.25) is 0 Å². The first-order valence-electron chi connectivity index (χ1n) is 5.99. The number of rotatable bonds is 3. The van der Waals surface area contributed by atoms with Crippen LogP contribution in [-0.4, -0.2) is 48.1 Å². The number of anilines is 1. The standard InChI is InChI=1S/C12H15N5O2/c1-15-4-6-16(7-5-15)14-11-3-2-10(9-13)8-12(11)17(18)19/h2-3,8,14H,4-7H2,1H3. The second kappa shape index (κ2) is 5.65. The minimum atomic E-state index is -0.473. The maximum Gasteiger partial charge on any atom is 0.294 e. The Morgan fingerprint density at radius 2 is 2.05 bits per heavy atom. The van der Waals surface area contributed by atoms with Gasteiger partial charge >= 0.3 is 0 Å². The van der Waals surface area contributed by atoms with E-state index in [1.807, 2.05) is 18.1 Å². The Labute approximate surface area is 111 Å². The molecule has 7 heteroatoms. The number of nitro groups is 1. The number of hydrazine groups is 1. The highest BCUT2D eigenvalue weighted by atomic mass is 16.6. The monoisotopic (exact) mass is 261 g/mol. The van der Waals surface area contributed by atoms with Crippen LogP contribution in [0.2, 0.25) is 0 Å². The minimum Gasteiger partial charge on any atom is -0.313 e. The highest BCUT2D eigenvalue weighted by molar-refractivity contribution is 5.63. The first kappa shape index (κ1) is 13.3. The first-order chi connectivity index (χ1) is 9.10. The third-order valence-electron chi connectivity index (χ3n) is 3.11. The molecule has 19 heavy (non-hydrogen) atoms. The van der Waals surface area contributed by atoms with E-state index in [-0.39, 0.29) is 11.3 Å². The molecule has 0 radical (unpaired) electrons. The van der Waals surface area contributed by atoms with Crippen molar-refractivity contribution in [1.82, 2.24) is 9.91 Å². The molecule has 0 spiro atoms. The molecule has 100 valence electrons. The summed E-state index contributed by atoms with van der Waals surface area (Å²) in [6.07, 6.45) is 0. The van der Waals surface area contributed by atoms with Gasteiger partial charge in [-0.1, -0.05) is 0 Å². The van der Waals surface area contributed by atoms with E-state index < -0.39 is 4.92 Å². The topological polar surface area (TPSA) is 85.4 Å². The van der Waals surface area contributed by atoms with E-state index in [2.05, 4.69) is 10.3 Å². The summed E-state index contributed by atoms with van der Waals surface area (Å²) in [5, 5.41) is 21.7. The van der Waals surface area contributed by atoms with Crippen LogP contribution in [0.15, 0.2) is 18.2 Å². The number of nitrogens with one attached hydrogen (secondary N) is 1. The summed E-state index contributed by atoms with van der Waals surface area (Å²) in [6.45, 7) is 3.43. The minimum absolute atomic E-state index is 0.0713. The predicted molar refractivity (Wildman–Crippen MR) is 70.5 cm³/mol. The van der Waals surface area contributed by atoms with Crippen molar-refractivity contribution >= 4 is 11.4 Å². The van der Waals surface area contributed by atoms with Crippen molar-refractivity contribution in [3.05, 3.63) is 33.9 Å². The van der Waals surface area contributed by atoms with Crippen LogP contribution in [0.5, 0.6) is 0 Å². The zero-order valence-corrected chi connectivity index (χ0v) is 10.7. The van der Waals surface area contributed by atoms with Gasteiger partial charge in [-0.05, 0) is 19.2 Å². The number of hydrogen-bond donors (Lipinski definition) is 1. The molecule has 0 atom stereocenters. The van der Waals surface area contributed by atoms with Gasteiger partial charge < -0.3 is 10.3 Å². The van der Waals surface area contributed by atoms with Gasteiger partial charge in [0.25, 0.3) is 5.69 Å². The average molecular weight is 261 g/mol. The third-order valence-corrected chi connectivity index (χ3v) is 3.11. The van der Waals surface area contributed by atoms with Gasteiger partial charge in [0.1, 0.15) is 5.69 Å². The number of likely N-dealkylation sites (N-methyl/N-ethyl adjacent to an activating group) is 1. The third kappa shape index (κ3) is 3.19. The molecule has 0 aliphatic carbocycles. The molecule has 1 saturated heterocycles. The fraction of sp³-hybridized carbons (Fsp3) is 0.417. The number of nitriles is 1. The molecule has 1 heterocycles. The highest BCUT2D eigenvalue weighted by Crippen LogP contribution is 2.26. The lowest BCUT2D eigenvalue weighted by Gasteiger charge is -2.32. The zero-order valence-electron chi connectivity index (χ0n) is 10.7. The van der Waals surface area contributed by atoms with Crippen molar-refractivity contribution in [2.75, 3.05) is 38.7 Å². The fourth-order valence-electron chi connectivity index (χ4n) is 1.94. The Hall–Kier alpha value is -2.17. The van der Waals surface area contributed by atoms with Crippen molar-refractivity contribution < 1.29 is 4.92 Å². The van der Waals surface area contributed by atoms with Crippen LogP contribution in [0.3, 0.4) is 0 Å². The largest absolute Gasteiger partial charge is 0.313 e. The van der Waals surface area contributed by atoms with E-state index in [1.165, 1.54) is 6.07 Å². The summed E-state index contributed by atoms with van der Waals surface area (Å²) in [4.78, 5) is 12.7. The summed E-state index contributed by atoms with van der Waals surface area (Å²) in [5.74, 6) is 0. The molecule has 1 aliphatic rings. The van der Waals surface area contributed by atoms with Crippen molar-refractivity contribution in [1.29, 1.82) is 5.26 Å². The Balaban J connectivity index is 2.16. The molecular formula is C12H15N5O2. The molecule has 0 aromatic heterocycles. The Kier molecular flexibility index (Phi) is 3.94. The van der Waals surface area contributed by atoms with Gasteiger partial charge in [0.05, 0.1) is 16.6 Å². The molecule has 1 N–H and O–H groups in total. The quantitative estimate of drug-likeness (QED) is 0.646. The van der Waals surface area contributed by atoms with Crippen LogP contribution >= 0.6 is 0 Å². The normalized spacial score (nSPS) is 16.8. The molecule has 1 fully saturated rings. The fourth-order valence-corrected chi connectivity index (χ4v) is 1.94. The maximum absolute atomic E-state index is 11.0. The molecule has 1 aromatic rings. The van der Waals surface area contributed by atoms with Crippen molar-refractivity contribution in [2.24, 2.45) is 0 Å². The van der Waals surface area contributed by atoms with Crippen molar-refractivity contribution in [3.63, 3.8) is 0 Å². The Morgan fingerprint density at radius 3 is 2.63 bits per heavy atom. The van der Waals surface area contributed by atoms with E-state index in [1.54, 1.807) is 12.1 Å². The zero-order chi connectivity index (χ0) is 13.8. The first-order valence-corrected chi connectivity index (χ1v) is 5.99. The predicted octanol–water partition coefficient (Wildman–Crippen LogP) is 1.04. The van der Waals surface area contributed by atoms with E-state index in [9.17, 15) is 10.1 Å². The van der Waals surface area contributed by atoms with Crippen LogP contribution in [0.1, 0.15) is 5.56 Å². The molecule has 0 amide bonds. The van der Waals surface area contributed by atoms with Crippen LogP contribution in [0.25, 0.3) is 0 Å². The number of nitro benzene ring substituents is 1. The summed E-state index contributed by atoms with van der Waals surface area (Å²) < 4.78 is 0. The molecule has 0 bridgehead atoms. The maximum atomic E-state index is 11.0. The molecule has 0 saturated carbocycles. The number of piperazine rings is 1. The van der Waals surface area contributed by atoms with Gasteiger partial charge in [-0.15, -0.1) is 0 Å². The van der Waals surface area contributed by atoms with E-state index in [0.29, 0.717) is 5.69 Å². The summed E-state index contributed by atoms with van der Waals surface area (Å²) in [6, 6.07) is 6.35. The highest BCUT2D eigenvalue weighted by Gasteiger charge is 2.19. The second-order valence-corrected chi connectivity index (χ2v) is 4.50. The Bertz CT molecular complexity index is 517. The molecule has 1 aliphatic heterocycles. The SMILES string of the molecule is CN1CCN(Nc2ccc(C#N)cc2[N+](=O)[O-])CC1. The molecule has 7 nitrogen and oxygen atoms in total. The number of hydrogen-bond acceptors (Lipinski definition) is 6. The molecule has 0 unspecified atom stereocenters. The Morgan fingerprint density at radius 1 is 1.37 bits per heavy atom. The molecule has 1 aromatic carbocycles. The number of nitrogens with zero attached hydrogens (tertiary/aromatic N) is 4. The van der Waals surface area contributed by atoms with Gasteiger partial charge in [-0.3, -0.25) is 10.1 Å². The van der Waals surface area contributed by atoms with Crippen molar-refractivity contribution in [2.45, 2.75) is 0 Å². The van der Waals surface area contributed by atoms with Gasteiger partial charge in [0, 0.05) is 32.2 Å². The summed E-state index contributed by atoms with van der Waals surface area (Å²) in [5.41, 5.74) is 3.70. The van der Waals surface area contributed by atoms with Gasteiger partial charge in [0.15, 0.2) is 0 Å².